The van der Waals surface area contributed by atoms with Gasteiger partial charge in [-0.3, -0.25) is 9.59 Å². The zero-order valence-corrected chi connectivity index (χ0v) is 16.8. The summed E-state index contributed by atoms with van der Waals surface area (Å²) in [4.78, 5) is 23.8. The first-order valence-corrected chi connectivity index (χ1v) is 9.59. The summed E-state index contributed by atoms with van der Waals surface area (Å²) < 4.78 is 0. The van der Waals surface area contributed by atoms with Gasteiger partial charge in [0.05, 0.1) is 5.56 Å². The Balaban J connectivity index is 0.000000181. The molecule has 6 nitrogen and oxygen atoms in total. The Bertz CT molecular complexity index is 1170. The van der Waals surface area contributed by atoms with E-state index in [2.05, 4.69) is 0 Å². The van der Waals surface area contributed by atoms with Crippen molar-refractivity contribution in [1.82, 2.24) is 0 Å². The van der Waals surface area contributed by atoms with E-state index in [4.69, 9.17) is 15.3 Å². The minimum absolute atomic E-state index is 0.0675. The van der Waals surface area contributed by atoms with E-state index in [1.54, 1.807) is 48.5 Å². The van der Waals surface area contributed by atoms with Crippen LogP contribution in [0.5, 0.6) is 23.0 Å². The predicted octanol–water partition coefficient (Wildman–Crippen LogP) is 4.66. The highest BCUT2D eigenvalue weighted by molar-refractivity contribution is 6.10. The zero-order chi connectivity index (χ0) is 23.1. The molecule has 0 saturated heterocycles. The van der Waals surface area contributed by atoms with E-state index in [1.807, 2.05) is 6.07 Å². The van der Waals surface area contributed by atoms with Crippen LogP contribution in [0.3, 0.4) is 0 Å². The van der Waals surface area contributed by atoms with Gasteiger partial charge in [-0.05, 0) is 60.7 Å². The molecule has 0 unspecified atom stereocenters. The molecule has 0 amide bonds. The summed E-state index contributed by atoms with van der Waals surface area (Å²) in [5, 5.41) is 36.9. The second-order valence-electron chi connectivity index (χ2n) is 6.82. The van der Waals surface area contributed by atoms with Crippen molar-refractivity contribution < 1.29 is 30.0 Å². The summed E-state index contributed by atoms with van der Waals surface area (Å²) >= 11 is 0. The van der Waals surface area contributed by atoms with E-state index in [1.165, 1.54) is 36.4 Å². The quantitative estimate of drug-likeness (QED) is 0.352. The Kier molecular flexibility index (Phi) is 6.88. The molecular weight excluding hydrogens is 408 g/mol. The van der Waals surface area contributed by atoms with Crippen LogP contribution in [0.2, 0.25) is 0 Å². The Labute approximate surface area is 184 Å². The van der Waals surface area contributed by atoms with Gasteiger partial charge in [0, 0.05) is 22.8 Å². The fourth-order valence-electron chi connectivity index (χ4n) is 2.85. The average Bonchev–Trinajstić information content (AvgIpc) is 2.80. The lowest BCUT2D eigenvalue weighted by Crippen LogP contribution is -2.00. The van der Waals surface area contributed by atoms with Crippen molar-refractivity contribution in [3.63, 3.8) is 0 Å². The molecule has 0 fully saturated rings. The molecule has 0 aromatic heterocycles. The molecule has 0 heterocycles. The summed E-state index contributed by atoms with van der Waals surface area (Å²) in [5.41, 5.74) is 1.69. The third kappa shape index (κ3) is 5.52. The Morgan fingerprint density at radius 2 is 0.906 bits per heavy atom. The topological polar surface area (TPSA) is 115 Å². The molecular formula is C26H20O6. The zero-order valence-electron chi connectivity index (χ0n) is 16.8. The maximum Gasteiger partial charge on any atom is 0.196 e. The number of hydrogen-bond acceptors (Lipinski definition) is 6. The maximum atomic E-state index is 11.9. The van der Waals surface area contributed by atoms with Crippen LogP contribution in [0.1, 0.15) is 31.8 Å². The lowest BCUT2D eigenvalue weighted by atomic mass is 10.0. The van der Waals surface area contributed by atoms with Gasteiger partial charge in [0.2, 0.25) is 0 Å². The second-order valence-corrected chi connectivity index (χ2v) is 6.82. The number of benzene rings is 4. The Morgan fingerprint density at radius 3 is 1.38 bits per heavy atom. The number of phenols is 4. The van der Waals surface area contributed by atoms with E-state index in [0.717, 1.165) is 6.07 Å². The molecule has 0 aliphatic heterocycles. The summed E-state index contributed by atoms with van der Waals surface area (Å²) in [6, 6.07) is 24.7. The minimum Gasteiger partial charge on any atom is -0.508 e. The molecule has 4 N–H and O–H groups in total. The van der Waals surface area contributed by atoms with Crippen molar-refractivity contribution in [2.75, 3.05) is 0 Å². The molecule has 4 aromatic carbocycles. The molecule has 160 valence electrons. The van der Waals surface area contributed by atoms with Crippen molar-refractivity contribution in [2.24, 2.45) is 0 Å². The molecule has 6 heteroatoms. The SMILES string of the molecule is O=C(c1ccc(O)cc1)c1ccc(O)cc1.O=C(c1ccccc1)c1ccc(O)cc1O. The molecule has 0 aliphatic carbocycles. The molecule has 0 radical (unpaired) electrons. The maximum absolute atomic E-state index is 11.9. The van der Waals surface area contributed by atoms with Crippen LogP contribution in [0.15, 0.2) is 97.1 Å². The monoisotopic (exact) mass is 428 g/mol. The summed E-state index contributed by atoms with van der Waals surface area (Å²) in [7, 11) is 0. The molecule has 32 heavy (non-hydrogen) atoms. The van der Waals surface area contributed by atoms with E-state index < -0.39 is 0 Å². The lowest BCUT2D eigenvalue weighted by Gasteiger charge is -2.04. The highest BCUT2D eigenvalue weighted by Gasteiger charge is 2.13. The van der Waals surface area contributed by atoms with E-state index in [9.17, 15) is 14.7 Å². The van der Waals surface area contributed by atoms with E-state index >= 15 is 0 Å². The van der Waals surface area contributed by atoms with Gasteiger partial charge in [0.15, 0.2) is 11.6 Å². The normalized spacial score (nSPS) is 10.0. The van der Waals surface area contributed by atoms with Gasteiger partial charge in [-0.25, -0.2) is 0 Å². The molecule has 0 atom stereocenters. The lowest BCUT2D eigenvalue weighted by molar-refractivity contribution is 0.102. The van der Waals surface area contributed by atoms with Gasteiger partial charge in [0.25, 0.3) is 0 Å². The molecule has 0 saturated carbocycles. The third-order valence-electron chi connectivity index (χ3n) is 4.52. The number of hydrogen-bond donors (Lipinski definition) is 4. The van der Waals surface area contributed by atoms with Crippen LogP contribution < -0.4 is 0 Å². The van der Waals surface area contributed by atoms with Gasteiger partial charge < -0.3 is 20.4 Å². The first kappa shape index (κ1) is 22.1. The number of carbonyl (C=O) groups is 2. The Hall–Kier alpha value is -4.58. The molecule has 4 rings (SSSR count). The highest BCUT2D eigenvalue weighted by atomic mass is 16.3. The van der Waals surface area contributed by atoms with Crippen molar-refractivity contribution >= 4 is 11.6 Å². The van der Waals surface area contributed by atoms with E-state index in [-0.39, 0.29) is 40.1 Å². The fourth-order valence-corrected chi connectivity index (χ4v) is 2.85. The summed E-state index contributed by atoms with van der Waals surface area (Å²) in [6.45, 7) is 0. The summed E-state index contributed by atoms with van der Waals surface area (Å²) in [6.07, 6.45) is 0. The smallest absolute Gasteiger partial charge is 0.196 e. The average molecular weight is 428 g/mol. The summed E-state index contributed by atoms with van der Waals surface area (Å²) in [5.74, 6) is -0.432. The number of rotatable bonds is 4. The second kappa shape index (κ2) is 9.95. The van der Waals surface area contributed by atoms with Crippen molar-refractivity contribution in [3.8, 4) is 23.0 Å². The van der Waals surface area contributed by atoms with Crippen LogP contribution in [0, 0.1) is 0 Å². The van der Waals surface area contributed by atoms with Gasteiger partial charge in [-0.15, -0.1) is 0 Å². The van der Waals surface area contributed by atoms with Crippen LogP contribution >= 0.6 is 0 Å². The standard InChI is InChI=1S/2C13H10O3/c14-11-5-1-9(2-6-11)13(16)10-3-7-12(15)8-4-10;14-10-6-7-11(12(15)8-10)13(16)9-4-2-1-3-5-9/h2*1-8,14-15H. The Morgan fingerprint density at radius 1 is 0.469 bits per heavy atom. The molecule has 4 aromatic rings. The number of ketones is 2. The van der Waals surface area contributed by atoms with E-state index in [0.29, 0.717) is 16.7 Å². The molecule has 0 bridgehead atoms. The molecule has 0 aliphatic rings. The van der Waals surface area contributed by atoms with Crippen molar-refractivity contribution in [1.29, 1.82) is 0 Å². The van der Waals surface area contributed by atoms with Gasteiger partial charge in [-0.1, -0.05) is 30.3 Å². The fraction of sp³-hybridized carbons (Fsp3) is 0. The highest BCUT2D eigenvalue weighted by Crippen LogP contribution is 2.24. The first-order valence-electron chi connectivity index (χ1n) is 9.59. The number of aromatic hydroxyl groups is 4. The third-order valence-corrected chi connectivity index (χ3v) is 4.52. The van der Waals surface area contributed by atoms with Crippen LogP contribution in [-0.2, 0) is 0 Å². The van der Waals surface area contributed by atoms with Gasteiger partial charge in [-0.2, -0.15) is 0 Å². The number of carbonyl (C=O) groups excluding carboxylic acids is 2. The van der Waals surface area contributed by atoms with Crippen LogP contribution in [-0.4, -0.2) is 32.0 Å². The minimum atomic E-state index is -0.266. The van der Waals surface area contributed by atoms with Crippen LogP contribution in [0.25, 0.3) is 0 Å². The van der Waals surface area contributed by atoms with Crippen LogP contribution in [0.4, 0.5) is 0 Å². The largest absolute Gasteiger partial charge is 0.508 e. The molecule has 0 spiro atoms. The van der Waals surface area contributed by atoms with Crippen molar-refractivity contribution in [3.05, 3.63) is 119 Å². The number of phenolic OH excluding ortho intramolecular Hbond substituents is 4. The van der Waals surface area contributed by atoms with Crippen molar-refractivity contribution in [2.45, 2.75) is 0 Å². The first-order chi connectivity index (χ1) is 15.3. The van der Waals surface area contributed by atoms with Gasteiger partial charge in [0.1, 0.15) is 23.0 Å². The predicted molar refractivity (Wildman–Crippen MR) is 119 cm³/mol. The van der Waals surface area contributed by atoms with Gasteiger partial charge >= 0.3 is 0 Å².